The highest BCUT2D eigenvalue weighted by Crippen LogP contribution is 2.08. The van der Waals surface area contributed by atoms with Crippen LogP contribution in [0, 0.1) is 10.1 Å². The third-order valence-electron chi connectivity index (χ3n) is 2.23. The van der Waals surface area contributed by atoms with Gasteiger partial charge < -0.3 is 9.94 Å². The molecule has 0 amide bonds. The second-order valence-electron chi connectivity index (χ2n) is 3.68. The first-order valence-electron chi connectivity index (χ1n) is 5.62. The van der Waals surface area contributed by atoms with Gasteiger partial charge in [0.1, 0.15) is 0 Å². The topological polar surface area (TPSA) is 89.7 Å². The maximum Gasteiger partial charge on any atom is 0.303 e. The number of hydrogen-bond donors (Lipinski definition) is 1. The first-order valence-corrected chi connectivity index (χ1v) is 5.62. The van der Waals surface area contributed by atoms with Crippen LogP contribution in [-0.4, -0.2) is 22.8 Å². The third-order valence-corrected chi connectivity index (χ3v) is 2.23. The molecule has 0 heterocycles. The van der Waals surface area contributed by atoms with Crippen molar-refractivity contribution in [2.75, 3.05) is 6.61 Å². The molecule has 0 radical (unpaired) electrons. The molecule has 0 fully saturated rings. The lowest BCUT2D eigenvalue weighted by molar-refractivity contribution is -0.757. The van der Waals surface area contributed by atoms with Crippen LogP contribution in [0.2, 0.25) is 0 Å². The maximum atomic E-state index is 10.2. The first kappa shape index (κ1) is 14.7. The summed E-state index contributed by atoms with van der Waals surface area (Å²) in [5.41, 5.74) is 0. The lowest BCUT2D eigenvalue weighted by Gasteiger charge is -2.00. The highest BCUT2D eigenvalue weighted by Gasteiger charge is 1.97. The van der Waals surface area contributed by atoms with Crippen LogP contribution < -0.4 is 0 Å². The molecule has 16 heavy (non-hydrogen) atoms. The molecule has 0 aliphatic heterocycles. The molecule has 0 saturated heterocycles. The Hall–Kier alpha value is -1.33. The Labute approximate surface area is 94.7 Å². The van der Waals surface area contributed by atoms with Crippen molar-refractivity contribution in [3.63, 3.8) is 0 Å². The zero-order valence-electron chi connectivity index (χ0n) is 9.39. The van der Waals surface area contributed by atoms with Crippen molar-refractivity contribution in [2.24, 2.45) is 0 Å². The van der Waals surface area contributed by atoms with E-state index in [-0.39, 0.29) is 13.0 Å². The second-order valence-corrected chi connectivity index (χ2v) is 3.68. The Bertz CT molecular complexity index is 185. The predicted molar refractivity (Wildman–Crippen MR) is 57.5 cm³/mol. The fourth-order valence-corrected chi connectivity index (χ4v) is 1.40. The summed E-state index contributed by atoms with van der Waals surface area (Å²) in [5, 5.41) is 17.4. The van der Waals surface area contributed by atoms with Gasteiger partial charge in [-0.25, -0.2) is 0 Å². The van der Waals surface area contributed by atoms with Crippen molar-refractivity contribution in [3.8, 4) is 0 Å². The Balaban J connectivity index is 2.98. The van der Waals surface area contributed by atoms with Crippen LogP contribution in [0.15, 0.2) is 0 Å². The van der Waals surface area contributed by atoms with E-state index in [1.165, 1.54) is 0 Å². The van der Waals surface area contributed by atoms with Crippen molar-refractivity contribution in [1.82, 2.24) is 0 Å². The summed E-state index contributed by atoms with van der Waals surface area (Å²) in [5.74, 6) is -0.739. The number of unbranched alkanes of at least 4 members (excludes halogenated alkanes) is 6. The van der Waals surface area contributed by atoms with Gasteiger partial charge >= 0.3 is 5.97 Å². The van der Waals surface area contributed by atoms with E-state index in [9.17, 15) is 14.9 Å². The minimum atomic E-state index is -0.772. The van der Waals surface area contributed by atoms with Gasteiger partial charge in [0.25, 0.3) is 5.09 Å². The van der Waals surface area contributed by atoms with E-state index >= 15 is 0 Å². The van der Waals surface area contributed by atoms with E-state index in [0.717, 1.165) is 38.5 Å². The smallest absolute Gasteiger partial charge is 0.303 e. The van der Waals surface area contributed by atoms with E-state index in [2.05, 4.69) is 4.84 Å². The minimum absolute atomic E-state index is 0.173. The van der Waals surface area contributed by atoms with Gasteiger partial charge in [0, 0.05) is 6.42 Å². The van der Waals surface area contributed by atoms with Crippen LogP contribution in [-0.2, 0) is 9.63 Å². The Morgan fingerprint density at radius 3 is 2.06 bits per heavy atom. The van der Waals surface area contributed by atoms with Crippen molar-refractivity contribution in [2.45, 2.75) is 51.4 Å². The molecule has 1 N–H and O–H groups in total. The van der Waals surface area contributed by atoms with Gasteiger partial charge in [-0.15, -0.1) is 10.1 Å². The molecule has 0 saturated carbocycles. The molecule has 6 nitrogen and oxygen atoms in total. The first-order chi connectivity index (χ1) is 7.63. The van der Waals surface area contributed by atoms with E-state index < -0.39 is 11.1 Å². The number of rotatable bonds is 11. The molecular weight excluding hydrogens is 214 g/mol. The highest BCUT2D eigenvalue weighted by atomic mass is 16.9. The van der Waals surface area contributed by atoms with Crippen molar-refractivity contribution >= 4 is 5.97 Å². The zero-order valence-corrected chi connectivity index (χ0v) is 9.39. The fraction of sp³-hybridized carbons (Fsp3) is 0.900. The number of nitrogens with zero attached hydrogens (tertiary/aromatic N) is 1. The second kappa shape index (κ2) is 10.2. The molecule has 94 valence electrons. The van der Waals surface area contributed by atoms with Gasteiger partial charge in [0.2, 0.25) is 0 Å². The van der Waals surface area contributed by atoms with E-state index in [1.54, 1.807) is 0 Å². The molecule has 6 heteroatoms. The van der Waals surface area contributed by atoms with Crippen molar-refractivity contribution in [3.05, 3.63) is 10.1 Å². The summed E-state index contributed by atoms with van der Waals surface area (Å²) in [4.78, 5) is 24.2. The quantitative estimate of drug-likeness (QED) is 0.336. The molecule has 0 aromatic heterocycles. The van der Waals surface area contributed by atoms with E-state index in [1.807, 2.05) is 0 Å². The van der Waals surface area contributed by atoms with Crippen LogP contribution >= 0.6 is 0 Å². The van der Waals surface area contributed by atoms with Gasteiger partial charge in [-0.05, 0) is 12.8 Å². The average molecular weight is 233 g/mol. The average Bonchev–Trinajstić information content (AvgIpc) is 2.20. The van der Waals surface area contributed by atoms with Crippen molar-refractivity contribution < 1.29 is 19.8 Å². The standard InChI is InChI=1S/C10H19NO5/c12-10(13)8-6-4-2-1-3-5-7-9-16-11(14)15/h1-9H2,(H,12,13). The van der Waals surface area contributed by atoms with Gasteiger partial charge in [-0.3, -0.25) is 4.79 Å². The van der Waals surface area contributed by atoms with Crippen LogP contribution in [0.1, 0.15) is 51.4 Å². The molecule has 0 rings (SSSR count). The Morgan fingerprint density at radius 1 is 1.06 bits per heavy atom. The monoisotopic (exact) mass is 233 g/mol. The lowest BCUT2D eigenvalue weighted by Crippen LogP contribution is -2.01. The molecule has 0 unspecified atom stereocenters. The SMILES string of the molecule is O=C(O)CCCCCCCCCO[N+](=O)[O-]. The molecule has 0 aliphatic rings. The Morgan fingerprint density at radius 2 is 1.56 bits per heavy atom. The fourth-order valence-electron chi connectivity index (χ4n) is 1.40. The highest BCUT2D eigenvalue weighted by molar-refractivity contribution is 5.66. The van der Waals surface area contributed by atoms with Gasteiger partial charge in [-0.1, -0.05) is 32.1 Å². The maximum absolute atomic E-state index is 10.2. The number of carboxylic acids is 1. The predicted octanol–water partition coefficient (Wildman–Crippen LogP) is 2.40. The summed E-state index contributed by atoms with van der Waals surface area (Å²) in [7, 11) is 0. The summed E-state index contributed by atoms with van der Waals surface area (Å²) < 4.78 is 0. The Kier molecular flexibility index (Phi) is 9.35. The minimum Gasteiger partial charge on any atom is -0.481 e. The van der Waals surface area contributed by atoms with Crippen LogP contribution in [0.3, 0.4) is 0 Å². The number of carbonyl (C=O) groups is 1. The molecule has 0 bridgehead atoms. The normalized spacial score (nSPS) is 10.0. The summed E-state index contributed by atoms with van der Waals surface area (Å²) in [6, 6.07) is 0. The molecular formula is C10H19NO5. The van der Waals surface area contributed by atoms with E-state index in [0.29, 0.717) is 6.42 Å². The third kappa shape index (κ3) is 12.7. The molecule has 0 spiro atoms. The molecule has 0 aromatic rings. The largest absolute Gasteiger partial charge is 0.481 e. The van der Waals surface area contributed by atoms with Crippen molar-refractivity contribution in [1.29, 1.82) is 0 Å². The van der Waals surface area contributed by atoms with E-state index in [4.69, 9.17) is 5.11 Å². The number of hydrogen-bond acceptors (Lipinski definition) is 4. The van der Waals surface area contributed by atoms with Crippen LogP contribution in [0.5, 0.6) is 0 Å². The summed E-state index contributed by atoms with van der Waals surface area (Å²) in [6.07, 6.45) is 6.66. The number of aliphatic carboxylic acids is 1. The molecule has 0 aliphatic carbocycles. The number of carboxylic acid groups (broad SMARTS) is 1. The molecule has 0 aromatic carbocycles. The lowest BCUT2D eigenvalue weighted by atomic mass is 10.1. The van der Waals surface area contributed by atoms with Gasteiger partial charge in [0.15, 0.2) is 0 Å². The van der Waals surface area contributed by atoms with Crippen LogP contribution in [0.25, 0.3) is 0 Å². The summed E-state index contributed by atoms with van der Waals surface area (Å²) >= 11 is 0. The van der Waals surface area contributed by atoms with Crippen LogP contribution in [0.4, 0.5) is 0 Å². The summed E-state index contributed by atoms with van der Waals surface area (Å²) in [6.45, 7) is 0.173. The zero-order chi connectivity index (χ0) is 12.2. The molecule has 0 atom stereocenters. The van der Waals surface area contributed by atoms with Gasteiger partial charge in [-0.2, -0.15) is 0 Å². The van der Waals surface area contributed by atoms with Gasteiger partial charge in [0.05, 0.1) is 6.61 Å².